The van der Waals surface area contributed by atoms with E-state index in [4.69, 9.17) is 14.2 Å². The van der Waals surface area contributed by atoms with Crippen LogP contribution in [0.15, 0.2) is 12.2 Å². The smallest absolute Gasteiger partial charge is 0.331 e. The Morgan fingerprint density at radius 1 is 1.24 bits per heavy atom. The summed E-state index contributed by atoms with van der Waals surface area (Å²) in [4.78, 5) is 22.0. The third-order valence-corrected chi connectivity index (χ3v) is 2.70. The van der Waals surface area contributed by atoms with Gasteiger partial charge < -0.3 is 19.3 Å². The molecule has 0 unspecified atom stereocenters. The molecule has 1 N–H and O–H groups in total. The summed E-state index contributed by atoms with van der Waals surface area (Å²) in [6.07, 6.45) is 0.170. The molecular weight excluding hydrogens is 228 g/mol. The Bertz CT molecular complexity index is 350. The van der Waals surface area contributed by atoms with Crippen LogP contribution in [0.2, 0.25) is 0 Å². The molecule has 2 aliphatic heterocycles. The zero-order valence-corrected chi connectivity index (χ0v) is 9.37. The molecule has 2 aliphatic rings. The molecule has 4 atom stereocenters. The Kier molecular flexibility index (Phi) is 3.56. The van der Waals surface area contributed by atoms with Crippen LogP contribution in [0.4, 0.5) is 0 Å². The SMILES string of the molecule is CC(=O)/C=C/C(=O)O[C@H]1CO[C@H]2[C@@H]1OC[C@@H]2O. The highest BCUT2D eigenvalue weighted by atomic mass is 16.6. The van der Waals surface area contributed by atoms with Gasteiger partial charge >= 0.3 is 5.97 Å². The maximum atomic E-state index is 11.3. The molecule has 0 radical (unpaired) electrons. The van der Waals surface area contributed by atoms with Crippen LogP contribution in [0.5, 0.6) is 0 Å². The Labute approximate surface area is 98.1 Å². The van der Waals surface area contributed by atoms with Crippen molar-refractivity contribution in [2.24, 2.45) is 0 Å². The van der Waals surface area contributed by atoms with Crippen molar-refractivity contribution in [2.75, 3.05) is 13.2 Å². The van der Waals surface area contributed by atoms with E-state index in [1.54, 1.807) is 0 Å². The Morgan fingerprint density at radius 3 is 2.65 bits per heavy atom. The van der Waals surface area contributed by atoms with Gasteiger partial charge in [-0.15, -0.1) is 0 Å². The van der Waals surface area contributed by atoms with Gasteiger partial charge in [-0.05, 0) is 13.0 Å². The second kappa shape index (κ2) is 4.95. The van der Waals surface area contributed by atoms with E-state index in [-0.39, 0.29) is 19.0 Å². The van der Waals surface area contributed by atoms with Gasteiger partial charge in [0.2, 0.25) is 0 Å². The number of aliphatic hydroxyl groups excluding tert-OH is 1. The van der Waals surface area contributed by atoms with Crippen molar-refractivity contribution < 1.29 is 28.9 Å². The Morgan fingerprint density at radius 2 is 1.94 bits per heavy atom. The lowest BCUT2D eigenvalue weighted by molar-refractivity contribution is -0.147. The molecule has 0 amide bonds. The first kappa shape index (κ1) is 12.2. The zero-order chi connectivity index (χ0) is 12.4. The summed E-state index contributed by atoms with van der Waals surface area (Å²) in [7, 11) is 0. The summed E-state index contributed by atoms with van der Waals surface area (Å²) in [5, 5.41) is 9.48. The molecule has 0 aliphatic carbocycles. The van der Waals surface area contributed by atoms with Gasteiger partial charge in [-0.1, -0.05) is 0 Å². The van der Waals surface area contributed by atoms with Crippen LogP contribution >= 0.6 is 0 Å². The average Bonchev–Trinajstić information content (AvgIpc) is 2.81. The summed E-state index contributed by atoms with van der Waals surface area (Å²) < 4.78 is 15.7. The van der Waals surface area contributed by atoms with Gasteiger partial charge in [-0.2, -0.15) is 0 Å². The first-order valence-corrected chi connectivity index (χ1v) is 5.38. The molecule has 0 spiro atoms. The van der Waals surface area contributed by atoms with Crippen molar-refractivity contribution in [2.45, 2.75) is 31.3 Å². The van der Waals surface area contributed by atoms with Gasteiger partial charge in [0.05, 0.1) is 13.2 Å². The fourth-order valence-corrected chi connectivity index (χ4v) is 1.92. The van der Waals surface area contributed by atoms with Crippen LogP contribution in [0.3, 0.4) is 0 Å². The van der Waals surface area contributed by atoms with E-state index >= 15 is 0 Å². The van der Waals surface area contributed by atoms with Gasteiger partial charge in [-0.3, -0.25) is 4.79 Å². The molecule has 17 heavy (non-hydrogen) atoms. The van der Waals surface area contributed by atoms with Crippen molar-refractivity contribution in [3.8, 4) is 0 Å². The number of hydrogen-bond acceptors (Lipinski definition) is 6. The summed E-state index contributed by atoms with van der Waals surface area (Å²) in [5.74, 6) is -0.838. The number of rotatable bonds is 3. The predicted octanol–water partition coefficient (Wildman–Crippen LogP) is -0.798. The number of hydrogen-bond donors (Lipinski definition) is 1. The third kappa shape index (κ3) is 2.71. The Hall–Kier alpha value is -1.24. The fourth-order valence-electron chi connectivity index (χ4n) is 1.92. The number of ether oxygens (including phenoxy) is 3. The molecule has 0 aromatic rings. The van der Waals surface area contributed by atoms with Crippen LogP contribution in [-0.4, -0.2) is 54.5 Å². The van der Waals surface area contributed by atoms with Crippen LogP contribution in [-0.2, 0) is 23.8 Å². The lowest BCUT2D eigenvalue weighted by Gasteiger charge is -2.15. The molecule has 2 rings (SSSR count). The van der Waals surface area contributed by atoms with E-state index in [9.17, 15) is 14.7 Å². The summed E-state index contributed by atoms with van der Waals surface area (Å²) in [6, 6.07) is 0. The third-order valence-electron chi connectivity index (χ3n) is 2.70. The predicted molar refractivity (Wildman–Crippen MR) is 55.2 cm³/mol. The standard InChI is InChI=1S/C11H14O6/c1-6(12)2-3-9(14)17-8-5-16-10-7(13)4-15-11(8)10/h2-3,7-8,10-11,13H,4-5H2,1H3/b3-2+/t7-,8-,10+,11+/m0/s1. The number of allylic oxidation sites excluding steroid dienone is 1. The maximum Gasteiger partial charge on any atom is 0.331 e. The largest absolute Gasteiger partial charge is 0.454 e. The van der Waals surface area contributed by atoms with Crippen LogP contribution in [0, 0.1) is 0 Å². The number of carbonyl (C=O) groups is 2. The van der Waals surface area contributed by atoms with E-state index in [1.165, 1.54) is 6.92 Å². The topological polar surface area (TPSA) is 82.1 Å². The van der Waals surface area contributed by atoms with Gasteiger partial charge in [0.15, 0.2) is 11.9 Å². The molecule has 0 aromatic heterocycles. The minimum atomic E-state index is -0.670. The second-order valence-electron chi connectivity index (χ2n) is 4.08. The van der Waals surface area contributed by atoms with E-state index < -0.39 is 30.4 Å². The van der Waals surface area contributed by atoms with E-state index in [0.717, 1.165) is 12.2 Å². The number of ketones is 1. The molecule has 0 saturated carbocycles. The number of carbonyl (C=O) groups excluding carboxylic acids is 2. The lowest BCUT2D eigenvalue weighted by Crippen LogP contribution is -2.33. The first-order valence-electron chi connectivity index (χ1n) is 5.38. The molecule has 2 heterocycles. The van der Waals surface area contributed by atoms with Crippen LogP contribution in [0.25, 0.3) is 0 Å². The molecule has 6 nitrogen and oxygen atoms in total. The molecular formula is C11H14O6. The summed E-state index contributed by atoms with van der Waals surface area (Å²) in [5.41, 5.74) is 0. The van der Waals surface area contributed by atoms with Crippen molar-refractivity contribution >= 4 is 11.8 Å². The number of fused-ring (bicyclic) bond motifs is 1. The highest BCUT2D eigenvalue weighted by Gasteiger charge is 2.48. The minimum Gasteiger partial charge on any atom is -0.454 e. The molecule has 2 saturated heterocycles. The number of esters is 1. The van der Waals surface area contributed by atoms with Crippen molar-refractivity contribution in [1.82, 2.24) is 0 Å². The Balaban J connectivity index is 1.88. The average molecular weight is 242 g/mol. The van der Waals surface area contributed by atoms with Crippen molar-refractivity contribution in [3.05, 3.63) is 12.2 Å². The summed E-state index contributed by atoms with van der Waals surface area (Å²) >= 11 is 0. The first-order chi connectivity index (χ1) is 8.08. The fraction of sp³-hybridized carbons (Fsp3) is 0.636. The lowest BCUT2D eigenvalue weighted by atomic mass is 10.1. The molecule has 6 heteroatoms. The van der Waals surface area contributed by atoms with Gasteiger partial charge in [0, 0.05) is 6.08 Å². The second-order valence-corrected chi connectivity index (χ2v) is 4.08. The molecule has 94 valence electrons. The van der Waals surface area contributed by atoms with Crippen LogP contribution < -0.4 is 0 Å². The maximum absolute atomic E-state index is 11.3. The highest BCUT2D eigenvalue weighted by molar-refractivity contribution is 5.94. The monoisotopic (exact) mass is 242 g/mol. The zero-order valence-electron chi connectivity index (χ0n) is 9.37. The van der Waals surface area contributed by atoms with Crippen molar-refractivity contribution in [3.63, 3.8) is 0 Å². The van der Waals surface area contributed by atoms with E-state index in [1.807, 2.05) is 0 Å². The van der Waals surface area contributed by atoms with Gasteiger partial charge in [0.25, 0.3) is 0 Å². The molecule has 0 bridgehead atoms. The summed E-state index contributed by atoms with van der Waals surface area (Å²) in [6.45, 7) is 1.73. The van der Waals surface area contributed by atoms with Crippen molar-refractivity contribution in [1.29, 1.82) is 0 Å². The van der Waals surface area contributed by atoms with E-state index in [0.29, 0.717) is 0 Å². The van der Waals surface area contributed by atoms with Gasteiger partial charge in [-0.25, -0.2) is 4.79 Å². The molecule has 2 fully saturated rings. The normalized spacial score (nSPS) is 36.1. The quantitative estimate of drug-likeness (QED) is 0.515. The minimum absolute atomic E-state index is 0.187. The molecule has 0 aromatic carbocycles. The highest BCUT2D eigenvalue weighted by Crippen LogP contribution is 2.28. The van der Waals surface area contributed by atoms with Crippen LogP contribution in [0.1, 0.15) is 6.92 Å². The number of aliphatic hydroxyl groups is 1. The van der Waals surface area contributed by atoms with E-state index in [2.05, 4.69) is 0 Å². The van der Waals surface area contributed by atoms with Gasteiger partial charge in [0.1, 0.15) is 18.3 Å².